The molecule has 0 aliphatic heterocycles. The number of hydrogen-bond acceptors (Lipinski definition) is 4. The minimum Gasteiger partial charge on any atom is -0.370 e. The molecule has 0 bridgehead atoms. The maximum atomic E-state index is 4.73. The van der Waals surface area contributed by atoms with Crippen LogP contribution in [0.15, 0.2) is 17.5 Å². The van der Waals surface area contributed by atoms with Crippen molar-refractivity contribution in [3.8, 4) is 11.3 Å². The van der Waals surface area contributed by atoms with E-state index in [0.29, 0.717) is 0 Å². The maximum absolute atomic E-state index is 4.73. The lowest BCUT2D eigenvalue weighted by atomic mass is 9.95. The number of rotatable bonds is 3. The molecule has 0 spiro atoms. The molecule has 0 unspecified atom stereocenters. The number of nitrogens with zero attached hydrogens (tertiary/aromatic N) is 2. The van der Waals surface area contributed by atoms with E-state index in [9.17, 15) is 0 Å². The number of anilines is 1. The Kier molecular flexibility index (Phi) is 3.90. The highest BCUT2D eigenvalue weighted by Crippen LogP contribution is 2.28. The van der Waals surface area contributed by atoms with Crippen LogP contribution in [0.4, 0.5) is 5.82 Å². The Morgan fingerprint density at radius 1 is 1.21 bits per heavy atom. The zero-order valence-corrected chi connectivity index (χ0v) is 13.1. The van der Waals surface area contributed by atoms with Gasteiger partial charge in [0.05, 0.1) is 5.69 Å². The second-order valence-electron chi connectivity index (χ2n) is 5.69. The largest absolute Gasteiger partial charge is 0.370 e. The summed E-state index contributed by atoms with van der Waals surface area (Å²) in [6.45, 7) is 11.5. The van der Waals surface area contributed by atoms with Gasteiger partial charge in [-0.15, -0.1) is 11.3 Å². The topological polar surface area (TPSA) is 37.8 Å². The zero-order valence-electron chi connectivity index (χ0n) is 12.2. The quantitative estimate of drug-likeness (QED) is 0.910. The van der Waals surface area contributed by atoms with E-state index in [-0.39, 0.29) is 5.41 Å². The molecule has 0 aromatic carbocycles. The minimum atomic E-state index is -0.0503. The van der Waals surface area contributed by atoms with Gasteiger partial charge in [0.15, 0.2) is 0 Å². The Balaban J connectivity index is 2.51. The molecule has 2 aromatic heterocycles. The lowest BCUT2D eigenvalue weighted by Crippen LogP contribution is -2.17. The minimum absolute atomic E-state index is 0.0503. The fraction of sp³-hybridized carbons (Fsp3) is 0.467. The van der Waals surface area contributed by atoms with Gasteiger partial charge < -0.3 is 5.32 Å². The van der Waals surface area contributed by atoms with Crippen molar-refractivity contribution in [2.45, 2.75) is 40.0 Å². The van der Waals surface area contributed by atoms with Crippen LogP contribution in [0.25, 0.3) is 11.3 Å². The summed E-state index contributed by atoms with van der Waals surface area (Å²) < 4.78 is 0. The molecule has 0 atom stereocenters. The molecule has 0 saturated heterocycles. The van der Waals surface area contributed by atoms with Crippen molar-refractivity contribution in [2.24, 2.45) is 0 Å². The first kappa shape index (κ1) is 14.0. The predicted octanol–water partition coefficient (Wildman–Crippen LogP) is 4.24. The highest BCUT2D eigenvalue weighted by molar-refractivity contribution is 7.10. The number of nitrogens with one attached hydrogen (secondary N) is 1. The van der Waals surface area contributed by atoms with Crippen LogP contribution in [0.2, 0.25) is 0 Å². The van der Waals surface area contributed by atoms with Gasteiger partial charge in [-0.25, -0.2) is 9.97 Å². The summed E-state index contributed by atoms with van der Waals surface area (Å²) in [5, 5.41) is 5.44. The fourth-order valence-corrected chi connectivity index (χ4v) is 2.48. The number of aromatic nitrogens is 2. The van der Waals surface area contributed by atoms with Crippen molar-refractivity contribution in [3.05, 3.63) is 28.2 Å². The smallest absolute Gasteiger partial charge is 0.136 e. The first-order valence-corrected chi connectivity index (χ1v) is 7.47. The number of thiophene rings is 1. The van der Waals surface area contributed by atoms with E-state index in [2.05, 4.69) is 56.4 Å². The van der Waals surface area contributed by atoms with E-state index in [4.69, 9.17) is 4.98 Å². The average molecular weight is 275 g/mol. The first-order chi connectivity index (χ1) is 8.90. The highest BCUT2D eigenvalue weighted by atomic mass is 32.1. The summed E-state index contributed by atoms with van der Waals surface area (Å²) in [7, 11) is 0. The summed E-state index contributed by atoms with van der Waals surface area (Å²) in [5.41, 5.74) is 2.13. The van der Waals surface area contributed by atoms with Crippen LogP contribution in [-0.2, 0) is 5.41 Å². The molecule has 0 fully saturated rings. The Morgan fingerprint density at radius 2 is 1.95 bits per heavy atom. The molecule has 0 aliphatic carbocycles. The summed E-state index contributed by atoms with van der Waals surface area (Å²) in [4.78, 5) is 10.6. The molecule has 3 nitrogen and oxygen atoms in total. The van der Waals surface area contributed by atoms with Gasteiger partial charge in [0, 0.05) is 33.8 Å². The Labute approximate surface area is 119 Å². The molecule has 0 aliphatic rings. The highest BCUT2D eigenvalue weighted by Gasteiger charge is 2.19. The van der Waals surface area contributed by atoms with E-state index >= 15 is 0 Å². The molecule has 19 heavy (non-hydrogen) atoms. The third-order valence-electron chi connectivity index (χ3n) is 2.78. The summed E-state index contributed by atoms with van der Waals surface area (Å²) in [6, 6.07) is 4.20. The molecule has 1 N–H and O–H groups in total. The molecule has 0 saturated carbocycles. The van der Waals surface area contributed by atoms with E-state index in [1.165, 1.54) is 10.4 Å². The summed E-state index contributed by atoms with van der Waals surface area (Å²) in [5.74, 6) is 1.78. The van der Waals surface area contributed by atoms with Crippen molar-refractivity contribution < 1.29 is 0 Å². The third kappa shape index (κ3) is 3.32. The predicted molar refractivity (Wildman–Crippen MR) is 82.9 cm³/mol. The Morgan fingerprint density at radius 3 is 2.47 bits per heavy atom. The fourth-order valence-electron chi connectivity index (χ4n) is 1.78. The van der Waals surface area contributed by atoms with Crippen molar-refractivity contribution in [1.82, 2.24) is 9.97 Å². The SMILES string of the molecule is CCNc1cc(-c2csc(C)c2)nc(C(C)(C)C)n1. The molecule has 2 aromatic rings. The van der Waals surface area contributed by atoms with E-state index in [1.54, 1.807) is 11.3 Å². The van der Waals surface area contributed by atoms with Crippen LogP contribution >= 0.6 is 11.3 Å². The molecule has 0 amide bonds. The van der Waals surface area contributed by atoms with Crippen LogP contribution in [0.5, 0.6) is 0 Å². The second-order valence-corrected chi connectivity index (χ2v) is 6.80. The van der Waals surface area contributed by atoms with Crippen molar-refractivity contribution in [2.75, 3.05) is 11.9 Å². The van der Waals surface area contributed by atoms with Crippen molar-refractivity contribution in [1.29, 1.82) is 0 Å². The molecular formula is C15H21N3S. The van der Waals surface area contributed by atoms with Gasteiger partial charge in [0.2, 0.25) is 0 Å². The maximum Gasteiger partial charge on any atom is 0.136 e. The molecule has 2 heterocycles. The van der Waals surface area contributed by atoms with Crippen LogP contribution in [-0.4, -0.2) is 16.5 Å². The molecule has 2 rings (SSSR count). The van der Waals surface area contributed by atoms with Crippen LogP contribution < -0.4 is 5.32 Å². The number of aryl methyl sites for hydroxylation is 1. The van der Waals surface area contributed by atoms with Gasteiger partial charge in [0.25, 0.3) is 0 Å². The summed E-state index contributed by atoms with van der Waals surface area (Å²) >= 11 is 1.75. The van der Waals surface area contributed by atoms with E-state index in [0.717, 1.165) is 23.9 Å². The summed E-state index contributed by atoms with van der Waals surface area (Å²) in [6.07, 6.45) is 0. The van der Waals surface area contributed by atoms with Gasteiger partial charge in [-0.3, -0.25) is 0 Å². The monoisotopic (exact) mass is 275 g/mol. The van der Waals surface area contributed by atoms with E-state index < -0.39 is 0 Å². The molecule has 4 heteroatoms. The zero-order chi connectivity index (χ0) is 14.0. The normalized spacial score (nSPS) is 11.6. The van der Waals surface area contributed by atoms with Gasteiger partial charge in [0.1, 0.15) is 11.6 Å². The average Bonchev–Trinajstić information content (AvgIpc) is 2.75. The second kappa shape index (κ2) is 5.29. The van der Waals surface area contributed by atoms with Gasteiger partial charge in [-0.05, 0) is 19.9 Å². The lowest BCUT2D eigenvalue weighted by Gasteiger charge is -2.18. The van der Waals surface area contributed by atoms with Crippen molar-refractivity contribution in [3.63, 3.8) is 0 Å². The first-order valence-electron chi connectivity index (χ1n) is 6.59. The Hall–Kier alpha value is -1.42. The molecule has 102 valence electrons. The Bertz CT molecular complexity index is 567. The van der Waals surface area contributed by atoms with Gasteiger partial charge in [-0.1, -0.05) is 20.8 Å². The van der Waals surface area contributed by atoms with Gasteiger partial charge >= 0.3 is 0 Å². The van der Waals surface area contributed by atoms with Crippen LogP contribution in [0, 0.1) is 6.92 Å². The van der Waals surface area contributed by atoms with E-state index in [1.807, 2.05) is 6.07 Å². The number of hydrogen-bond donors (Lipinski definition) is 1. The van der Waals surface area contributed by atoms with Crippen LogP contribution in [0.3, 0.4) is 0 Å². The standard InChI is InChI=1S/C15H21N3S/c1-6-16-13-8-12(11-7-10(2)19-9-11)17-14(18-13)15(3,4)5/h7-9H,6H2,1-5H3,(H,16,17,18). The van der Waals surface area contributed by atoms with Crippen LogP contribution in [0.1, 0.15) is 38.4 Å². The van der Waals surface area contributed by atoms with Crippen molar-refractivity contribution >= 4 is 17.2 Å². The lowest BCUT2D eigenvalue weighted by molar-refractivity contribution is 0.546. The molecule has 0 radical (unpaired) electrons. The van der Waals surface area contributed by atoms with Gasteiger partial charge in [-0.2, -0.15) is 0 Å². The molecular weight excluding hydrogens is 254 g/mol. The third-order valence-corrected chi connectivity index (χ3v) is 3.64.